The minimum absolute atomic E-state index is 0. The molecule has 270 valence electrons. The predicted molar refractivity (Wildman–Crippen MR) is 200 cm³/mol. The number of para-hydroxylation sites is 2. The van der Waals surface area contributed by atoms with Gasteiger partial charge < -0.3 is 19.3 Å². The van der Waals surface area contributed by atoms with Crippen LogP contribution in [0.3, 0.4) is 0 Å². The van der Waals surface area contributed by atoms with Crippen LogP contribution in [0.4, 0.5) is 0 Å². The molecule has 0 fully saturated rings. The topological polar surface area (TPSA) is 128 Å². The molecule has 4 aromatic carbocycles. The van der Waals surface area contributed by atoms with E-state index in [-0.39, 0.29) is 53.6 Å². The van der Waals surface area contributed by atoms with Crippen molar-refractivity contribution < 1.29 is 52.3 Å². The summed E-state index contributed by atoms with van der Waals surface area (Å²) in [6, 6.07) is 36.6. The van der Waals surface area contributed by atoms with Crippen LogP contribution < -0.4 is 0 Å². The molecule has 9 rings (SSSR count). The summed E-state index contributed by atoms with van der Waals surface area (Å²) >= 11 is 0. The number of pyridine rings is 2. The van der Waals surface area contributed by atoms with E-state index in [2.05, 4.69) is 32.1 Å². The molecular weight excluding hydrogens is 1040 g/mol. The minimum atomic E-state index is 0. The number of nitrogens with zero attached hydrogens (tertiary/aromatic N) is 8. The molecule has 9 aromatic rings. The van der Waals surface area contributed by atoms with Gasteiger partial charge in [0.1, 0.15) is 23.1 Å². The van der Waals surface area contributed by atoms with Crippen molar-refractivity contribution in [1.82, 2.24) is 39.0 Å². The fourth-order valence-corrected chi connectivity index (χ4v) is 6.70. The fourth-order valence-electron chi connectivity index (χ4n) is 6.70. The average molecular weight is 1070 g/mol. The first-order valence-corrected chi connectivity index (χ1v) is 16.5. The van der Waals surface area contributed by atoms with Crippen molar-refractivity contribution in [3.05, 3.63) is 134 Å². The summed E-state index contributed by atoms with van der Waals surface area (Å²) in [6.07, 6.45) is 7.69. The van der Waals surface area contributed by atoms with Gasteiger partial charge in [0.25, 0.3) is 0 Å². The summed E-state index contributed by atoms with van der Waals surface area (Å²) in [6.45, 7) is 0. The Balaban J connectivity index is 0.00000225. The molecule has 5 heterocycles. The predicted octanol–water partition coefficient (Wildman–Crippen LogP) is 8.05. The van der Waals surface area contributed by atoms with E-state index < -0.39 is 0 Å². The van der Waals surface area contributed by atoms with Crippen LogP contribution in [0, 0.1) is 12.1 Å². The summed E-state index contributed by atoms with van der Waals surface area (Å²) in [5.41, 5.74) is 11.3. The van der Waals surface area contributed by atoms with Crippen LogP contribution in [0.1, 0.15) is 0 Å². The molecule has 0 amide bonds. The van der Waals surface area contributed by atoms with Gasteiger partial charge in [0, 0.05) is 80.0 Å². The normalized spacial score (nSPS) is 11.0. The maximum absolute atomic E-state index is 10.5. The van der Waals surface area contributed by atoms with Gasteiger partial charge in [-0.1, -0.05) is 52.6 Å². The van der Waals surface area contributed by atoms with E-state index >= 15 is 0 Å². The molecule has 0 spiro atoms. The maximum Gasteiger partial charge on any atom is 0.144 e. The Hall–Kier alpha value is -5.82. The summed E-state index contributed by atoms with van der Waals surface area (Å²) < 4.78 is 3.94. The van der Waals surface area contributed by atoms with E-state index in [1.165, 1.54) is 12.4 Å². The van der Waals surface area contributed by atoms with Crippen LogP contribution in [0.2, 0.25) is 0 Å². The smallest absolute Gasteiger partial charge is 0.144 e. The first-order valence-electron chi connectivity index (χ1n) is 16.5. The third-order valence-electron chi connectivity index (χ3n) is 9.29. The zero-order valence-corrected chi connectivity index (χ0v) is 33.2. The molecule has 54 heavy (non-hydrogen) atoms. The molecule has 2 N–H and O–H groups in total. The van der Waals surface area contributed by atoms with Gasteiger partial charge in [-0.15, -0.1) is 59.7 Å². The molecule has 5 aromatic heterocycles. The van der Waals surface area contributed by atoms with Gasteiger partial charge >= 0.3 is 0 Å². The second kappa shape index (κ2) is 14.9. The molecule has 0 saturated heterocycles. The van der Waals surface area contributed by atoms with Gasteiger partial charge in [-0.2, -0.15) is 0 Å². The van der Waals surface area contributed by atoms with Gasteiger partial charge in [0.2, 0.25) is 0 Å². The van der Waals surface area contributed by atoms with Crippen LogP contribution in [-0.2, 0) is 56.2 Å². The Morgan fingerprint density at radius 2 is 0.944 bits per heavy atom. The minimum Gasteiger partial charge on any atom is -0.506 e. The molecule has 0 bridgehead atoms. The van der Waals surface area contributed by atoms with Crippen molar-refractivity contribution in [1.29, 1.82) is 0 Å². The summed E-state index contributed by atoms with van der Waals surface area (Å²) in [5.74, 6) is 1.43. The third kappa shape index (κ3) is 6.31. The average Bonchev–Trinajstić information content (AvgIpc) is 3.71. The Morgan fingerprint density at radius 3 is 1.39 bits per heavy atom. The van der Waals surface area contributed by atoms with Crippen molar-refractivity contribution in [2.45, 2.75) is 0 Å². The van der Waals surface area contributed by atoms with Gasteiger partial charge in [-0.25, -0.2) is 9.97 Å². The van der Waals surface area contributed by atoms with Gasteiger partial charge in [0.05, 0.1) is 51.9 Å². The van der Waals surface area contributed by atoms with Crippen molar-refractivity contribution >= 4 is 22.1 Å². The second-order valence-corrected chi connectivity index (χ2v) is 12.4. The van der Waals surface area contributed by atoms with Crippen LogP contribution in [0.25, 0.3) is 89.6 Å². The molecule has 10 nitrogen and oxygen atoms in total. The van der Waals surface area contributed by atoms with Crippen LogP contribution in [0.5, 0.6) is 11.5 Å². The van der Waals surface area contributed by atoms with E-state index in [0.717, 1.165) is 66.8 Å². The van der Waals surface area contributed by atoms with E-state index in [1.807, 2.05) is 102 Å². The van der Waals surface area contributed by atoms with E-state index in [9.17, 15) is 10.2 Å². The fraction of sp³-hybridized carbons (Fsp3) is 0.0476. The van der Waals surface area contributed by atoms with Crippen molar-refractivity contribution in [2.24, 2.45) is 14.1 Å². The molecule has 0 aliphatic heterocycles. The van der Waals surface area contributed by atoms with Crippen LogP contribution in [-0.4, -0.2) is 49.3 Å². The summed E-state index contributed by atoms with van der Waals surface area (Å²) in [7, 11) is 3.87. The molecular formula is C42H28N8O2Pt2-2. The number of hydrogen-bond acceptors (Lipinski definition) is 8. The number of aromatic nitrogens is 8. The molecule has 0 aliphatic carbocycles. The van der Waals surface area contributed by atoms with Gasteiger partial charge in [0.15, 0.2) is 0 Å². The quantitative estimate of drug-likeness (QED) is 0.160. The van der Waals surface area contributed by atoms with Crippen molar-refractivity contribution in [3.8, 4) is 79.0 Å². The van der Waals surface area contributed by atoms with Crippen LogP contribution >= 0.6 is 0 Å². The number of hydrogen-bond donors (Lipinski definition) is 2. The number of imidazole rings is 2. The Kier molecular flexibility index (Phi) is 10.1. The number of aryl methyl sites for hydroxylation is 2. The largest absolute Gasteiger partial charge is 0.506 e. The Morgan fingerprint density at radius 1 is 0.519 bits per heavy atom. The van der Waals surface area contributed by atoms with Crippen molar-refractivity contribution in [2.75, 3.05) is 0 Å². The number of rotatable bonds is 6. The Bertz CT molecular complexity index is 2650. The number of fused-ring (bicyclic) bond motifs is 2. The number of benzene rings is 4. The van der Waals surface area contributed by atoms with E-state index in [0.29, 0.717) is 22.8 Å². The summed E-state index contributed by atoms with van der Waals surface area (Å²) in [4.78, 5) is 27.2. The molecule has 12 heteroatoms. The SMILES string of the molecule is Cn1c(-c2ccncc2O)nc2c(-c3[c-]c(-c4cc(-c5[c-]c(-c6cccc7c6nc(-c6ccncc6O)n7C)ccc5)ncn4)ccc3)cccc21.[Pt].[Pt]. The monoisotopic (exact) mass is 1070 g/mol. The third-order valence-corrected chi connectivity index (χ3v) is 9.29. The maximum atomic E-state index is 10.5. The number of aromatic hydroxyl groups is 2. The molecule has 0 atom stereocenters. The first kappa shape index (κ1) is 36.5. The zero-order chi connectivity index (χ0) is 35.3. The van der Waals surface area contributed by atoms with E-state index in [4.69, 9.17) is 9.97 Å². The molecule has 0 saturated carbocycles. The van der Waals surface area contributed by atoms with Crippen LogP contribution in [0.15, 0.2) is 122 Å². The van der Waals surface area contributed by atoms with E-state index in [1.54, 1.807) is 30.9 Å². The van der Waals surface area contributed by atoms with Gasteiger partial charge in [-0.3, -0.25) is 19.9 Å². The van der Waals surface area contributed by atoms with Gasteiger partial charge in [-0.05, 0) is 24.3 Å². The molecule has 0 radical (unpaired) electrons. The molecule has 0 unspecified atom stereocenters. The standard InChI is InChI=1S/C42H28N8O2.2Pt/c1-49-35-13-5-11-29(39(35)47-41(49)31-15-17-43-22-37(31)51)25-7-3-9-27(19-25)33-21-34(46-24-45-33)28-10-4-8-26(20-28)30-12-6-14-36-40(30)48-42(50(36)2)32-16-18-44-23-38(32)52;;/h3-18,21-24,51-52H,1-2H3;;/q-2;;. The van der Waals surface area contributed by atoms with Crippen molar-refractivity contribution in [3.63, 3.8) is 0 Å². The molecule has 0 aliphatic rings. The first-order chi connectivity index (χ1) is 25.4. The summed E-state index contributed by atoms with van der Waals surface area (Å²) in [5, 5.41) is 21.0. The second-order valence-electron chi connectivity index (χ2n) is 12.4. The Labute approximate surface area is 338 Å². The zero-order valence-electron chi connectivity index (χ0n) is 28.7.